The van der Waals surface area contributed by atoms with Crippen molar-refractivity contribution < 1.29 is 22.7 Å². The highest BCUT2D eigenvalue weighted by Gasteiger charge is 2.55. The molecular formula is C22H15Cl2F4N3O. The molecule has 1 unspecified atom stereocenters. The van der Waals surface area contributed by atoms with Gasteiger partial charge in [-0.05, 0) is 54.1 Å². The molecule has 4 rings (SSSR count). The first-order valence-electron chi connectivity index (χ1n) is 9.31. The minimum atomic E-state index is -5.01. The smallest absolute Gasteiger partial charge is 0.379 e. The van der Waals surface area contributed by atoms with Crippen LogP contribution in [0.1, 0.15) is 5.56 Å². The molecule has 4 aromatic rings. The van der Waals surface area contributed by atoms with Crippen LogP contribution in [0.15, 0.2) is 66.9 Å². The van der Waals surface area contributed by atoms with Crippen LogP contribution in [0.2, 0.25) is 10.0 Å². The number of nitrogens with zero attached hydrogens (tertiary/aromatic N) is 2. The summed E-state index contributed by atoms with van der Waals surface area (Å²) >= 11 is 12.0. The van der Waals surface area contributed by atoms with Gasteiger partial charge in [-0.2, -0.15) is 18.3 Å². The molecule has 1 heterocycles. The van der Waals surface area contributed by atoms with E-state index in [0.29, 0.717) is 16.6 Å². The average molecular weight is 484 g/mol. The predicted octanol–water partition coefficient (Wildman–Crippen LogP) is 6.33. The van der Waals surface area contributed by atoms with Crippen molar-refractivity contribution in [3.05, 3.63) is 88.3 Å². The number of para-hydroxylation sites is 1. The van der Waals surface area contributed by atoms with Crippen LogP contribution in [0.3, 0.4) is 0 Å². The van der Waals surface area contributed by atoms with Crippen molar-refractivity contribution in [1.29, 1.82) is 0 Å². The molecule has 1 atom stereocenters. The maximum atomic E-state index is 14.0. The first kappa shape index (κ1) is 22.4. The lowest BCUT2D eigenvalue weighted by molar-refractivity contribution is -0.260. The number of alkyl halides is 3. The van der Waals surface area contributed by atoms with E-state index < -0.39 is 24.1 Å². The van der Waals surface area contributed by atoms with Gasteiger partial charge in [0, 0.05) is 5.39 Å². The van der Waals surface area contributed by atoms with Crippen molar-refractivity contribution in [1.82, 2.24) is 9.78 Å². The number of halogens is 6. The second-order valence-corrected chi connectivity index (χ2v) is 7.93. The number of fused-ring (bicyclic) bond motifs is 1. The molecule has 32 heavy (non-hydrogen) atoms. The Morgan fingerprint density at radius 3 is 2.25 bits per heavy atom. The third kappa shape index (κ3) is 4.01. The Balaban J connectivity index is 1.72. The van der Waals surface area contributed by atoms with Gasteiger partial charge in [0.15, 0.2) is 0 Å². The van der Waals surface area contributed by atoms with E-state index in [4.69, 9.17) is 23.2 Å². The Hall–Kier alpha value is -2.81. The third-order valence-electron chi connectivity index (χ3n) is 5.07. The Bertz CT molecular complexity index is 1250. The molecule has 0 spiro atoms. The van der Waals surface area contributed by atoms with Crippen LogP contribution in [0.25, 0.3) is 16.6 Å². The van der Waals surface area contributed by atoms with Crippen LogP contribution in [0.4, 0.5) is 23.2 Å². The number of aliphatic hydroxyl groups is 1. The Kier molecular flexibility index (Phi) is 5.79. The molecule has 166 valence electrons. The van der Waals surface area contributed by atoms with Crippen molar-refractivity contribution in [2.75, 3.05) is 11.9 Å². The van der Waals surface area contributed by atoms with Gasteiger partial charge < -0.3 is 10.4 Å². The van der Waals surface area contributed by atoms with Crippen LogP contribution in [0.5, 0.6) is 0 Å². The normalized spacial score (nSPS) is 13.8. The minimum Gasteiger partial charge on any atom is -0.379 e. The summed E-state index contributed by atoms with van der Waals surface area (Å²) in [6, 6.07) is 13.8. The van der Waals surface area contributed by atoms with Gasteiger partial charge in [0.1, 0.15) is 5.82 Å². The molecule has 3 aromatic carbocycles. The molecule has 0 fully saturated rings. The van der Waals surface area contributed by atoms with Crippen molar-refractivity contribution >= 4 is 39.8 Å². The lowest BCUT2D eigenvalue weighted by atomic mass is 9.92. The van der Waals surface area contributed by atoms with Crippen molar-refractivity contribution in [2.24, 2.45) is 0 Å². The molecule has 1 aromatic heterocycles. The summed E-state index contributed by atoms with van der Waals surface area (Å²) in [6.07, 6.45) is -3.63. The zero-order valence-electron chi connectivity index (χ0n) is 16.2. The summed E-state index contributed by atoms with van der Waals surface area (Å²) < 4.78 is 56.6. The predicted molar refractivity (Wildman–Crippen MR) is 116 cm³/mol. The molecule has 0 amide bonds. The molecule has 10 heteroatoms. The van der Waals surface area contributed by atoms with Gasteiger partial charge in [0.25, 0.3) is 0 Å². The van der Waals surface area contributed by atoms with E-state index in [1.54, 1.807) is 6.07 Å². The molecule has 0 aliphatic rings. The van der Waals surface area contributed by atoms with Crippen LogP contribution in [-0.2, 0) is 5.60 Å². The largest absolute Gasteiger partial charge is 0.423 e. The number of hydrogen-bond donors (Lipinski definition) is 2. The van der Waals surface area contributed by atoms with E-state index >= 15 is 0 Å². The highest BCUT2D eigenvalue weighted by atomic mass is 35.5. The zero-order chi connectivity index (χ0) is 23.1. The van der Waals surface area contributed by atoms with Crippen molar-refractivity contribution in [3.8, 4) is 5.69 Å². The molecule has 0 aliphatic heterocycles. The molecule has 2 N–H and O–H groups in total. The van der Waals surface area contributed by atoms with Gasteiger partial charge >= 0.3 is 6.18 Å². The fourth-order valence-electron chi connectivity index (χ4n) is 3.33. The number of aromatic nitrogens is 2. The van der Waals surface area contributed by atoms with Crippen LogP contribution < -0.4 is 5.32 Å². The SMILES string of the molecule is OC(CNc1c(Cl)cccc1Cl)(c1ccc2c(cnn2-c2ccc(F)cc2)c1)C(F)(F)F. The lowest BCUT2D eigenvalue weighted by Gasteiger charge is -2.32. The van der Waals surface area contributed by atoms with Gasteiger partial charge in [0.2, 0.25) is 5.60 Å². The Morgan fingerprint density at radius 2 is 1.62 bits per heavy atom. The van der Waals surface area contributed by atoms with Crippen LogP contribution >= 0.6 is 23.2 Å². The van der Waals surface area contributed by atoms with E-state index in [1.807, 2.05) is 0 Å². The zero-order valence-corrected chi connectivity index (χ0v) is 17.7. The quantitative estimate of drug-likeness (QED) is 0.326. The van der Waals surface area contributed by atoms with Gasteiger partial charge in [0.05, 0.1) is 39.7 Å². The molecule has 0 saturated carbocycles. The molecule has 0 aliphatic carbocycles. The second kappa shape index (κ2) is 8.27. The standard InChI is InChI=1S/C22H15Cl2F4N3O/c23-17-2-1-3-18(24)20(17)29-12-21(32,22(26,27)28)14-4-9-19-13(10-14)11-30-31(19)16-7-5-15(25)6-8-16/h1-11,29,32H,12H2. The highest BCUT2D eigenvalue weighted by Crippen LogP contribution is 2.41. The van der Waals surface area contributed by atoms with Gasteiger partial charge in [-0.25, -0.2) is 9.07 Å². The summed E-state index contributed by atoms with van der Waals surface area (Å²) in [5, 5.41) is 18.0. The topological polar surface area (TPSA) is 50.1 Å². The van der Waals surface area contributed by atoms with Gasteiger partial charge in [-0.15, -0.1) is 0 Å². The highest BCUT2D eigenvalue weighted by molar-refractivity contribution is 6.39. The Labute approximate surface area is 190 Å². The lowest BCUT2D eigenvalue weighted by Crippen LogP contribution is -2.47. The summed E-state index contributed by atoms with van der Waals surface area (Å²) in [6.45, 7) is -0.919. The summed E-state index contributed by atoms with van der Waals surface area (Å²) in [7, 11) is 0. The van der Waals surface area contributed by atoms with E-state index in [-0.39, 0.29) is 21.3 Å². The maximum Gasteiger partial charge on any atom is 0.423 e. The average Bonchev–Trinajstić information content (AvgIpc) is 3.16. The first-order chi connectivity index (χ1) is 15.1. The number of benzene rings is 3. The molecule has 0 radical (unpaired) electrons. The summed E-state index contributed by atoms with van der Waals surface area (Å²) in [5.74, 6) is -0.422. The van der Waals surface area contributed by atoms with E-state index in [0.717, 1.165) is 0 Å². The van der Waals surface area contributed by atoms with Crippen LogP contribution in [0, 0.1) is 5.82 Å². The summed E-state index contributed by atoms with van der Waals surface area (Å²) in [4.78, 5) is 0. The van der Waals surface area contributed by atoms with E-state index in [1.165, 1.54) is 65.5 Å². The molecule has 0 bridgehead atoms. The molecular weight excluding hydrogens is 469 g/mol. The molecule has 0 saturated heterocycles. The number of nitrogens with one attached hydrogen (secondary N) is 1. The van der Waals surface area contributed by atoms with E-state index in [9.17, 15) is 22.7 Å². The first-order valence-corrected chi connectivity index (χ1v) is 10.1. The maximum absolute atomic E-state index is 14.0. The second-order valence-electron chi connectivity index (χ2n) is 7.11. The third-order valence-corrected chi connectivity index (χ3v) is 5.70. The number of rotatable bonds is 5. The monoisotopic (exact) mass is 483 g/mol. The minimum absolute atomic E-state index is 0.0868. The summed E-state index contributed by atoms with van der Waals surface area (Å²) in [5.41, 5.74) is -2.50. The number of hydrogen-bond acceptors (Lipinski definition) is 3. The van der Waals surface area contributed by atoms with Crippen molar-refractivity contribution in [3.63, 3.8) is 0 Å². The van der Waals surface area contributed by atoms with Gasteiger partial charge in [-0.3, -0.25) is 0 Å². The van der Waals surface area contributed by atoms with E-state index in [2.05, 4.69) is 10.4 Å². The number of anilines is 1. The van der Waals surface area contributed by atoms with Gasteiger partial charge in [-0.1, -0.05) is 35.3 Å². The fraction of sp³-hybridized carbons (Fsp3) is 0.136. The Morgan fingerprint density at radius 1 is 0.969 bits per heavy atom. The van der Waals surface area contributed by atoms with Crippen LogP contribution in [-0.4, -0.2) is 27.6 Å². The van der Waals surface area contributed by atoms with Crippen molar-refractivity contribution in [2.45, 2.75) is 11.8 Å². The fourth-order valence-corrected chi connectivity index (χ4v) is 3.86. The molecule has 4 nitrogen and oxygen atoms in total.